The maximum Gasteiger partial charge on any atom is 0.261 e. The number of benzene rings is 2. The summed E-state index contributed by atoms with van der Waals surface area (Å²) in [6.45, 7) is 2.23. The van der Waals surface area contributed by atoms with Crippen LogP contribution in [-0.4, -0.2) is 41.9 Å². The first-order valence-corrected chi connectivity index (χ1v) is 11.5. The maximum atomic E-state index is 13.2. The van der Waals surface area contributed by atoms with Crippen molar-refractivity contribution in [1.29, 1.82) is 0 Å². The fourth-order valence-corrected chi connectivity index (χ4v) is 4.24. The molecular formula is C25H31ClN2O3. The molecule has 2 aromatic carbocycles. The Morgan fingerprint density at radius 1 is 1.10 bits per heavy atom. The highest BCUT2D eigenvalue weighted by Gasteiger charge is 2.30. The first kappa shape index (κ1) is 23.1. The van der Waals surface area contributed by atoms with E-state index in [0.29, 0.717) is 30.2 Å². The number of rotatable bonds is 10. The monoisotopic (exact) mass is 442 g/mol. The molecule has 3 rings (SSSR count). The molecule has 1 atom stereocenters. The number of hydrogen-bond acceptors (Lipinski definition) is 3. The van der Waals surface area contributed by atoms with Crippen LogP contribution in [0.4, 0.5) is 0 Å². The van der Waals surface area contributed by atoms with Crippen molar-refractivity contribution in [3.63, 3.8) is 0 Å². The van der Waals surface area contributed by atoms with Crippen molar-refractivity contribution in [1.82, 2.24) is 10.2 Å². The molecule has 1 aliphatic rings. The minimum atomic E-state index is -0.522. The highest BCUT2D eigenvalue weighted by Crippen LogP contribution is 2.23. The van der Waals surface area contributed by atoms with Crippen LogP contribution in [0.1, 0.15) is 44.6 Å². The highest BCUT2D eigenvalue weighted by molar-refractivity contribution is 6.32. The van der Waals surface area contributed by atoms with Crippen molar-refractivity contribution in [2.45, 2.75) is 57.5 Å². The standard InChI is InChI=1S/C25H31ClN2O3/c1-2-22(25(30)27-20-12-6-7-13-20)28(17-16-19-10-4-3-5-11-19)24(29)18-31-23-15-9-8-14-21(23)26/h3-5,8-11,14-15,20,22H,2,6-7,12-13,16-18H2,1H3,(H,27,30)/t22-/m0/s1. The molecule has 0 heterocycles. The first-order valence-electron chi connectivity index (χ1n) is 11.1. The molecule has 31 heavy (non-hydrogen) atoms. The lowest BCUT2D eigenvalue weighted by atomic mass is 10.1. The van der Waals surface area contributed by atoms with Gasteiger partial charge in [-0.3, -0.25) is 9.59 Å². The second-order valence-corrected chi connectivity index (χ2v) is 8.36. The van der Waals surface area contributed by atoms with Gasteiger partial charge in [-0.1, -0.05) is 73.8 Å². The summed E-state index contributed by atoms with van der Waals surface area (Å²) in [6.07, 6.45) is 5.52. The Morgan fingerprint density at radius 3 is 2.45 bits per heavy atom. The van der Waals surface area contributed by atoms with Gasteiger partial charge in [-0.05, 0) is 43.4 Å². The van der Waals surface area contributed by atoms with Crippen LogP contribution in [0.25, 0.3) is 0 Å². The van der Waals surface area contributed by atoms with Crippen molar-refractivity contribution in [2.24, 2.45) is 0 Å². The van der Waals surface area contributed by atoms with Crippen LogP contribution in [-0.2, 0) is 16.0 Å². The van der Waals surface area contributed by atoms with Gasteiger partial charge in [0.05, 0.1) is 5.02 Å². The SMILES string of the molecule is CC[C@@H](C(=O)NC1CCCC1)N(CCc1ccccc1)C(=O)COc1ccccc1Cl. The third-order valence-electron chi connectivity index (χ3n) is 5.76. The van der Waals surface area contributed by atoms with Gasteiger partial charge in [-0.15, -0.1) is 0 Å². The molecule has 0 bridgehead atoms. The molecule has 0 radical (unpaired) electrons. The number of amides is 2. The molecule has 1 N–H and O–H groups in total. The van der Waals surface area contributed by atoms with Crippen molar-refractivity contribution in [3.05, 3.63) is 65.2 Å². The summed E-state index contributed by atoms with van der Waals surface area (Å²) >= 11 is 6.15. The summed E-state index contributed by atoms with van der Waals surface area (Å²) < 4.78 is 5.68. The third kappa shape index (κ3) is 6.73. The van der Waals surface area contributed by atoms with Gasteiger partial charge in [0.25, 0.3) is 5.91 Å². The van der Waals surface area contributed by atoms with Gasteiger partial charge in [-0.25, -0.2) is 0 Å². The van der Waals surface area contributed by atoms with Gasteiger partial charge in [0.15, 0.2) is 6.61 Å². The molecule has 6 heteroatoms. The average Bonchev–Trinajstić information content (AvgIpc) is 3.29. The Labute approximate surface area is 189 Å². The fraction of sp³-hybridized carbons (Fsp3) is 0.440. The molecule has 166 valence electrons. The molecule has 1 fully saturated rings. The lowest BCUT2D eigenvalue weighted by molar-refractivity contribution is -0.142. The number of carbonyl (C=O) groups excluding carboxylic acids is 2. The van der Waals surface area contributed by atoms with Crippen LogP contribution < -0.4 is 10.1 Å². The Balaban J connectivity index is 1.70. The largest absolute Gasteiger partial charge is 0.482 e. The van der Waals surface area contributed by atoms with Gasteiger partial charge < -0.3 is 15.0 Å². The number of carbonyl (C=O) groups is 2. The van der Waals surface area contributed by atoms with Gasteiger partial charge in [0, 0.05) is 12.6 Å². The van der Waals surface area contributed by atoms with E-state index in [-0.39, 0.29) is 24.5 Å². The zero-order chi connectivity index (χ0) is 22.1. The Bertz CT molecular complexity index is 853. The van der Waals surface area contributed by atoms with Crippen molar-refractivity contribution < 1.29 is 14.3 Å². The molecule has 5 nitrogen and oxygen atoms in total. The molecular weight excluding hydrogens is 412 g/mol. The Hall–Kier alpha value is -2.53. The second-order valence-electron chi connectivity index (χ2n) is 7.96. The van der Waals surface area contributed by atoms with Gasteiger partial charge in [0.1, 0.15) is 11.8 Å². The smallest absolute Gasteiger partial charge is 0.261 e. The van der Waals surface area contributed by atoms with Crippen LogP contribution in [0.15, 0.2) is 54.6 Å². The minimum absolute atomic E-state index is 0.0754. The zero-order valence-corrected chi connectivity index (χ0v) is 18.8. The third-order valence-corrected chi connectivity index (χ3v) is 6.07. The van der Waals surface area contributed by atoms with Crippen LogP contribution >= 0.6 is 11.6 Å². The van der Waals surface area contributed by atoms with Crippen molar-refractivity contribution >= 4 is 23.4 Å². The Morgan fingerprint density at radius 2 is 1.77 bits per heavy atom. The minimum Gasteiger partial charge on any atom is -0.482 e. The van der Waals surface area contributed by atoms with E-state index in [0.717, 1.165) is 31.2 Å². The summed E-state index contributed by atoms with van der Waals surface area (Å²) in [4.78, 5) is 27.9. The van der Waals surface area contributed by atoms with Gasteiger partial charge in [0.2, 0.25) is 5.91 Å². The quantitative estimate of drug-likeness (QED) is 0.583. The van der Waals surface area contributed by atoms with E-state index < -0.39 is 6.04 Å². The second kappa shape index (κ2) is 11.8. The van der Waals surface area contributed by atoms with E-state index in [1.54, 1.807) is 17.0 Å². The van der Waals surface area contributed by atoms with E-state index >= 15 is 0 Å². The number of ether oxygens (including phenoxy) is 1. The van der Waals surface area contributed by atoms with E-state index in [2.05, 4.69) is 5.32 Å². The summed E-state index contributed by atoms with van der Waals surface area (Å²) in [6, 6.07) is 16.7. The molecule has 2 aromatic rings. The molecule has 0 aromatic heterocycles. The summed E-state index contributed by atoms with van der Waals surface area (Å²) in [5, 5.41) is 3.61. The van der Waals surface area contributed by atoms with E-state index in [1.807, 2.05) is 49.4 Å². The summed E-state index contributed by atoms with van der Waals surface area (Å²) in [7, 11) is 0. The number of nitrogens with zero attached hydrogens (tertiary/aromatic N) is 1. The molecule has 0 spiro atoms. The topological polar surface area (TPSA) is 58.6 Å². The number of hydrogen-bond donors (Lipinski definition) is 1. The molecule has 2 amide bonds. The number of para-hydroxylation sites is 1. The van der Waals surface area contributed by atoms with Crippen LogP contribution in [0.3, 0.4) is 0 Å². The summed E-state index contributed by atoms with van der Waals surface area (Å²) in [5.41, 5.74) is 1.12. The van der Waals surface area contributed by atoms with E-state index in [1.165, 1.54) is 0 Å². The van der Waals surface area contributed by atoms with Crippen LogP contribution in [0.2, 0.25) is 5.02 Å². The number of halogens is 1. The normalized spacial score (nSPS) is 14.8. The van der Waals surface area contributed by atoms with Crippen molar-refractivity contribution in [2.75, 3.05) is 13.2 Å². The lowest BCUT2D eigenvalue weighted by Gasteiger charge is -2.31. The zero-order valence-electron chi connectivity index (χ0n) is 18.1. The summed E-state index contributed by atoms with van der Waals surface area (Å²) in [5.74, 6) is 0.168. The molecule has 0 saturated heterocycles. The van der Waals surface area contributed by atoms with Crippen molar-refractivity contribution in [3.8, 4) is 5.75 Å². The van der Waals surface area contributed by atoms with Crippen LogP contribution in [0.5, 0.6) is 5.75 Å². The first-order chi connectivity index (χ1) is 15.1. The van der Waals surface area contributed by atoms with Crippen LogP contribution in [0, 0.1) is 0 Å². The molecule has 0 aliphatic heterocycles. The Kier molecular flexibility index (Phi) is 8.77. The lowest BCUT2D eigenvalue weighted by Crippen LogP contribution is -2.52. The molecule has 1 saturated carbocycles. The number of nitrogens with one attached hydrogen (secondary N) is 1. The predicted octanol–water partition coefficient (Wildman–Crippen LogP) is 4.63. The fourth-order valence-electron chi connectivity index (χ4n) is 4.05. The average molecular weight is 443 g/mol. The molecule has 1 aliphatic carbocycles. The maximum absolute atomic E-state index is 13.2. The molecule has 0 unspecified atom stereocenters. The van der Waals surface area contributed by atoms with Gasteiger partial charge in [-0.2, -0.15) is 0 Å². The van der Waals surface area contributed by atoms with E-state index in [9.17, 15) is 9.59 Å². The highest BCUT2D eigenvalue weighted by atomic mass is 35.5. The van der Waals surface area contributed by atoms with E-state index in [4.69, 9.17) is 16.3 Å². The van der Waals surface area contributed by atoms with Gasteiger partial charge >= 0.3 is 0 Å². The predicted molar refractivity (Wildman–Crippen MR) is 123 cm³/mol.